The minimum absolute atomic E-state index is 0.0125. The fraction of sp³-hybridized carbons (Fsp3) is 0.667. The zero-order valence-corrected chi connectivity index (χ0v) is 31.7. The third-order valence-electron chi connectivity index (χ3n) is 7.35. The number of ether oxygens (including phenoxy) is 2. The molecule has 10 nitrogen and oxygen atoms in total. The van der Waals surface area contributed by atoms with Crippen molar-refractivity contribution in [2.45, 2.75) is 142 Å². The summed E-state index contributed by atoms with van der Waals surface area (Å²) in [4.78, 5) is 46.8. The molecule has 0 aliphatic rings. The Morgan fingerprint density at radius 2 is 1.26 bits per heavy atom. The molecule has 0 aliphatic carbocycles. The number of hydrogen-bond donors (Lipinski definition) is 2. The molecule has 3 N–H and O–H groups in total. The molecular weight excluding hydrogens is 657 g/mol. The lowest BCUT2D eigenvalue weighted by Gasteiger charge is -2.19. The number of unbranched alkanes of at least 4 members (excludes halogenated alkanes) is 10. The normalized spacial score (nSPS) is 14.0. The second-order valence-electron chi connectivity index (χ2n) is 12.1. The van der Waals surface area contributed by atoms with Crippen LogP contribution in [0.1, 0.15) is 136 Å². The second kappa shape index (κ2) is 34.8. The first-order valence-electron chi connectivity index (χ1n) is 18.7. The number of carbonyl (C=O) groups is 3. The molecule has 0 spiro atoms. The maximum atomic E-state index is 12.5. The molecule has 0 amide bonds. The monoisotopic (exact) mass is 723 g/mol. The van der Waals surface area contributed by atoms with Gasteiger partial charge >= 0.3 is 19.8 Å². The lowest BCUT2D eigenvalue weighted by atomic mass is 10.1. The lowest BCUT2D eigenvalue weighted by Crippen LogP contribution is -2.29. The van der Waals surface area contributed by atoms with E-state index in [4.69, 9.17) is 24.3 Å². The van der Waals surface area contributed by atoms with Crippen LogP contribution < -0.4 is 5.73 Å². The van der Waals surface area contributed by atoms with Crippen LogP contribution in [0.25, 0.3) is 0 Å². The summed E-state index contributed by atoms with van der Waals surface area (Å²) in [6, 6.07) is 0. The van der Waals surface area contributed by atoms with Gasteiger partial charge in [0.2, 0.25) is 0 Å². The fourth-order valence-corrected chi connectivity index (χ4v) is 5.27. The highest BCUT2D eigenvalue weighted by molar-refractivity contribution is 7.47. The lowest BCUT2D eigenvalue weighted by molar-refractivity contribution is -0.161. The third-order valence-corrected chi connectivity index (χ3v) is 8.34. The van der Waals surface area contributed by atoms with E-state index in [1.165, 1.54) is 38.2 Å². The Morgan fingerprint density at radius 3 is 1.98 bits per heavy atom. The summed E-state index contributed by atoms with van der Waals surface area (Å²) in [5, 5.41) is 0. The van der Waals surface area contributed by atoms with Gasteiger partial charge in [-0.2, -0.15) is 0 Å². The topological polar surface area (TPSA) is 151 Å². The maximum absolute atomic E-state index is 12.5. The van der Waals surface area contributed by atoms with Crippen molar-refractivity contribution in [3.05, 3.63) is 60.8 Å². The molecule has 0 aromatic carbocycles. The Balaban J connectivity index is 4.46. The standard InChI is InChI=1S/C39H66NO9P/c1-3-5-7-9-11-13-15-16-18-19-21-23-25-28-36(41)29-27-31-38(42)46-34-37(35-48-50(44,45)47-33-32-40)49-39(43)30-26-24-22-20-17-14-12-10-8-6-4-2/h10-13,16,18,21,23,25,28,37H,3-9,14-15,17,19-20,22,24,26-27,29-35,40H2,1-2H3,(H,44,45)/b12-10-,13-11-,18-16-,23-21-,28-25+/t37-/m1/s1. The first-order chi connectivity index (χ1) is 24.2. The van der Waals surface area contributed by atoms with E-state index in [9.17, 15) is 23.8 Å². The van der Waals surface area contributed by atoms with E-state index in [1.54, 1.807) is 6.08 Å². The third kappa shape index (κ3) is 33.9. The molecule has 0 aliphatic heterocycles. The minimum Gasteiger partial charge on any atom is -0.462 e. The highest BCUT2D eigenvalue weighted by Crippen LogP contribution is 2.43. The number of phosphoric acid groups is 1. The van der Waals surface area contributed by atoms with Crippen LogP contribution in [0.5, 0.6) is 0 Å². The van der Waals surface area contributed by atoms with E-state index in [-0.39, 0.29) is 51.2 Å². The quantitative estimate of drug-likeness (QED) is 0.0164. The van der Waals surface area contributed by atoms with Gasteiger partial charge in [-0.25, -0.2) is 4.57 Å². The van der Waals surface area contributed by atoms with E-state index in [1.807, 2.05) is 12.2 Å². The zero-order valence-electron chi connectivity index (χ0n) is 30.9. The molecule has 0 fully saturated rings. The number of hydrogen-bond acceptors (Lipinski definition) is 9. The Bertz CT molecular complexity index is 1070. The van der Waals surface area contributed by atoms with Gasteiger partial charge in [-0.05, 0) is 63.9 Å². The molecule has 0 aromatic heterocycles. The SMILES string of the molecule is CCCC/C=C\CCCCCCCC(=O)O[C@H](COC(=O)CCCC(=O)/C=C/C=C\C/C=C\C/C=C\CCCCC)COP(=O)(O)OCCN. The number of carbonyl (C=O) groups excluding carboxylic acids is 3. The summed E-state index contributed by atoms with van der Waals surface area (Å²) in [6.45, 7) is 3.34. The van der Waals surface area contributed by atoms with Gasteiger partial charge in [-0.15, -0.1) is 0 Å². The molecule has 11 heteroatoms. The Hall–Kier alpha value is -2.62. The summed E-state index contributed by atoms with van der Waals surface area (Å²) < 4.78 is 32.4. The van der Waals surface area contributed by atoms with Crippen LogP contribution >= 0.6 is 7.82 Å². The van der Waals surface area contributed by atoms with E-state index >= 15 is 0 Å². The van der Waals surface area contributed by atoms with Crippen LogP contribution in [0.3, 0.4) is 0 Å². The number of rotatable bonds is 34. The Labute approximate surface area is 302 Å². The number of esters is 2. The molecule has 0 bridgehead atoms. The van der Waals surface area contributed by atoms with E-state index in [0.29, 0.717) is 6.42 Å². The highest BCUT2D eigenvalue weighted by Gasteiger charge is 2.26. The van der Waals surface area contributed by atoms with Gasteiger partial charge in [-0.1, -0.05) is 113 Å². The van der Waals surface area contributed by atoms with Crippen LogP contribution in [-0.4, -0.2) is 55.1 Å². The van der Waals surface area contributed by atoms with Crippen LogP contribution in [0, 0.1) is 0 Å². The summed E-state index contributed by atoms with van der Waals surface area (Å²) >= 11 is 0. The Morgan fingerprint density at radius 1 is 0.660 bits per heavy atom. The van der Waals surface area contributed by atoms with E-state index in [0.717, 1.165) is 57.8 Å². The number of allylic oxidation sites excluding steroid dienone is 10. The van der Waals surface area contributed by atoms with Crippen molar-refractivity contribution in [2.24, 2.45) is 5.73 Å². The van der Waals surface area contributed by atoms with Crippen molar-refractivity contribution >= 4 is 25.5 Å². The molecule has 0 rings (SSSR count). The van der Waals surface area contributed by atoms with Crippen LogP contribution in [0.15, 0.2) is 60.8 Å². The zero-order chi connectivity index (χ0) is 37.0. The molecule has 50 heavy (non-hydrogen) atoms. The van der Waals surface area contributed by atoms with Gasteiger partial charge < -0.3 is 20.1 Å². The van der Waals surface area contributed by atoms with Gasteiger partial charge in [-0.3, -0.25) is 23.4 Å². The molecule has 2 atom stereocenters. The van der Waals surface area contributed by atoms with Crippen LogP contribution in [-0.2, 0) is 37.5 Å². The minimum atomic E-state index is -4.43. The Kier molecular flexibility index (Phi) is 33.0. The largest absolute Gasteiger partial charge is 0.472 e. The summed E-state index contributed by atoms with van der Waals surface area (Å²) in [5.41, 5.74) is 5.31. The summed E-state index contributed by atoms with van der Waals surface area (Å²) in [5.74, 6) is -1.21. The van der Waals surface area contributed by atoms with Gasteiger partial charge in [0.15, 0.2) is 11.9 Å². The predicted molar refractivity (Wildman–Crippen MR) is 201 cm³/mol. The van der Waals surface area contributed by atoms with Crippen molar-refractivity contribution in [3.8, 4) is 0 Å². The molecule has 0 aromatic rings. The highest BCUT2D eigenvalue weighted by atomic mass is 31.2. The van der Waals surface area contributed by atoms with Crippen molar-refractivity contribution in [3.63, 3.8) is 0 Å². The van der Waals surface area contributed by atoms with E-state index in [2.05, 4.69) is 50.3 Å². The van der Waals surface area contributed by atoms with Crippen LogP contribution in [0.2, 0.25) is 0 Å². The van der Waals surface area contributed by atoms with E-state index < -0.39 is 32.5 Å². The molecule has 286 valence electrons. The van der Waals surface area contributed by atoms with Crippen molar-refractivity contribution in [2.75, 3.05) is 26.4 Å². The summed E-state index contributed by atoms with van der Waals surface area (Å²) in [7, 11) is -4.43. The summed E-state index contributed by atoms with van der Waals surface area (Å²) in [6.07, 6.45) is 35.5. The smallest absolute Gasteiger partial charge is 0.462 e. The number of ketones is 1. The van der Waals surface area contributed by atoms with Crippen molar-refractivity contribution < 1.29 is 42.4 Å². The molecule has 1 unspecified atom stereocenters. The predicted octanol–water partition coefficient (Wildman–Crippen LogP) is 9.34. The van der Waals surface area contributed by atoms with Gasteiger partial charge in [0, 0.05) is 25.8 Å². The van der Waals surface area contributed by atoms with Crippen molar-refractivity contribution in [1.82, 2.24) is 0 Å². The molecule has 0 saturated heterocycles. The molecule has 0 heterocycles. The van der Waals surface area contributed by atoms with Gasteiger partial charge in [0.05, 0.1) is 13.2 Å². The first kappa shape index (κ1) is 47.4. The maximum Gasteiger partial charge on any atom is 0.472 e. The second-order valence-corrected chi connectivity index (χ2v) is 13.6. The van der Waals surface area contributed by atoms with Crippen molar-refractivity contribution in [1.29, 1.82) is 0 Å². The molecular formula is C39H66NO9P. The molecule has 0 saturated carbocycles. The molecule has 0 radical (unpaired) electrons. The first-order valence-corrected chi connectivity index (χ1v) is 20.2. The number of nitrogens with two attached hydrogens (primary N) is 1. The fourth-order valence-electron chi connectivity index (χ4n) is 4.51. The average Bonchev–Trinajstić information content (AvgIpc) is 3.09. The average molecular weight is 724 g/mol. The van der Waals surface area contributed by atoms with Gasteiger partial charge in [0.25, 0.3) is 0 Å². The van der Waals surface area contributed by atoms with Gasteiger partial charge in [0.1, 0.15) is 6.61 Å². The number of phosphoric ester groups is 1. The van der Waals surface area contributed by atoms with Crippen LogP contribution in [0.4, 0.5) is 0 Å².